The maximum absolute atomic E-state index is 11.7. The van der Waals surface area contributed by atoms with Gasteiger partial charge in [-0.25, -0.2) is 13.1 Å². The summed E-state index contributed by atoms with van der Waals surface area (Å²) in [7, 11) is -1.69. The molecule has 0 atom stereocenters. The number of hydrogen-bond donors (Lipinski definition) is 2. The molecule has 0 saturated heterocycles. The van der Waals surface area contributed by atoms with Gasteiger partial charge < -0.3 is 10.5 Å². The van der Waals surface area contributed by atoms with Gasteiger partial charge in [-0.3, -0.25) is 0 Å². The summed E-state index contributed by atoms with van der Waals surface area (Å²) in [5, 5.41) is 0. The quantitative estimate of drug-likeness (QED) is 0.766. The number of rotatable bonds is 6. The van der Waals surface area contributed by atoms with Gasteiger partial charge in [0.05, 0.1) is 18.6 Å². The van der Waals surface area contributed by atoms with Crippen LogP contribution in [0.2, 0.25) is 0 Å². The molecule has 0 bridgehead atoms. The average Bonchev–Trinajstić information content (AvgIpc) is 2.25. The Kier molecular flexibility index (Phi) is 4.98. The summed E-state index contributed by atoms with van der Waals surface area (Å²) in [6.07, 6.45) is 0. The molecule has 0 amide bonds. The number of nitrogens with one attached hydrogen (secondary N) is 1. The van der Waals surface area contributed by atoms with Crippen LogP contribution in [0.3, 0.4) is 0 Å². The molecule has 3 N–H and O–H groups in total. The number of nitrogen functional groups attached to an aromatic ring is 1. The Balaban J connectivity index is 2.67. The van der Waals surface area contributed by atoms with Gasteiger partial charge in [-0.15, -0.1) is 0 Å². The van der Waals surface area contributed by atoms with E-state index in [1.54, 1.807) is 18.2 Å². The molecule has 0 spiro atoms. The van der Waals surface area contributed by atoms with Gasteiger partial charge in [-0.1, -0.05) is 19.9 Å². The van der Waals surface area contributed by atoms with Crippen molar-refractivity contribution in [2.24, 2.45) is 5.92 Å². The van der Waals surface area contributed by atoms with Gasteiger partial charge in [-0.2, -0.15) is 0 Å². The third kappa shape index (κ3) is 4.54. The number of benzene rings is 1. The van der Waals surface area contributed by atoms with E-state index in [9.17, 15) is 8.42 Å². The van der Waals surface area contributed by atoms with Gasteiger partial charge in [0, 0.05) is 6.54 Å². The van der Waals surface area contributed by atoms with Crippen LogP contribution in [0.1, 0.15) is 19.4 Å². The largest absolute Gasteiger partial charge is 0.495 e. The van der Waals surface area contributed by atoms with Crippen LogP contribution >= 0.6 is 0 Å². The highest BCUT2D eigenvalue weighted by molar-refractivity contribution is 7.89. The lowest BCUT2D eigenvalue weighted by Crippen LogP contribution is -2.28. The minimum absolute atomic E-state index is 0.100. The average molecular weight is 272 g/mol. The van der Waals surface area contributed by atoms with E-state index in [-0.39, 0.29) is 18.2 Å². The molecule has 1 rings (SSSR count). The number of methoxy groups -OCH3 is 1. The third-order valence-corrected chi connectivity index (χ3v) is 4.03. The predicted molar refractivity (Wildman–Crippen MR) is 72.9 cm³/mol. The fourth-order valence-corrected chi connectivity index (χ4v) is 2.97. The molecule has 1 aromatic rings. The monoisotopic (exact) mass is 272 g/mol. The Morgan fingerprint density at radius 3 is 2.56 bits per heavy atom. The van der Waals surface area contributed by atoms with E-state index >= 15 is 0 Å². The minimum atomic E-state index is -3.23. The van der Waals surface area contributed by atoms with Crippen LogP contribution in [0.25, 0.3) is 0 Å². The molecule has 0 aliphatic carbocycles. The van der Waals surface area contributed by atoms with Gasteiger partial charge in [0.1, 0.15) is 5.75 Å². The van der Waals surface area contributed by atoms with E-state index in [0.29, 0.717) is 11.4 Å². The first kappa shape index (κ1) is 14.8. The molecule has 0 aliphatic heterocycles. The second-order valence-electron chi connectivity index (χ2n) is 4.57. The smallest absolute Gasteiger partial charge is 0.212 e. The summed E-state index contributed by atoms with van der Waals surface area (Å²) < 4.78 is 30.9. The van der Waals surface area contributed by atoms with E-state index in [0.717, 1.165) is 5.56 Å². The Morgan fingerprint density at radius 2 is 2.06 bits per heavy atom. The van der Waals surface area contributed by atoms with E-state index < -0.39 is 10.0 Å². The van der Waals surface area contributed by atoms with Gasteiger partial charge >= 0.3 is 0 Å². The lowest BCUT2D eigenvalue weighted by molar-refractivity contribution is 0.417. The van der Waals surface area contributed by atoms with Crippen molar-refractivity contribution in [3.8, 4) is 5.75 Å². The highest BCUT2D eigenvalue weighted by atomic mass is 32.2. The van der Waals surface area contributed by atoms with Crippen molar-refractivity contribution in [1.29, 1.82) is 0 Å². The minimum Gasteiger partial charge on any atom is -0.495 e. The van der Waals surface area contributed by atoms with Crippen molar-refractivity contribution >= 4 is 15.7 Å². The first-order valence-corrected chi connectivity index (χ1v) is 7.39. The maximum Gasteiger partial charge on any atom is 0.212 e. The lowest BCUT2D eigenvalue weighted by atomic mass is 10.2. The fraction of sp³-hybridized carbons (Fsp3) is 0.500. The summed E-state index contributed by atoms with van der Waals surface area (Å²) in [6, 6.07) is 5.21. The van der Waals surface area contributed by atoms with Gasteiger partial charge in [0.2, 0.25) is 10.0 Å². The second kappa shape index (κ2) is 6.06. The van der Waals surface area contributed by atoms with Gasteiger partial charge in [0.15, 0.2) is 0 Å². The van der Waals surface area contributed by atoms with Crippen LogP contribution in [0.4, 0.5) is 5.69 Å². The molecule has 0 saturated carbocycles. The highest BCUT2D eigenvalue weighted by Crippen LogP contribution is 2.21. The van der Waals surface area contributed by atoms with Crippen LogP contribution in [0.5, 0.6) is 5.75 Å². The third-order valence-electron chi connectivity index (χ3n) is 2.34. The highest BCUT2D eigenvalue weighted by Gasteiger charge is 2.12. The van der Waals surface area contributed by atoms with E-state index in [2.05, 4.69) is 4.72 Å². The molecule has 1 aromatic carbocycles. The molecule has 18 heavy (non-hydrogen) atoms. The molecule has 0 aromatic heterocycles. The van der Waals surface area contributed by atoms with Gasteiger partial charge in [-0.05, 0) is 23.6 Å². The molecule has 0 aliphatic rings. The zero-order chi connectivity index (χ0) is 13.8. The number of nitrogens with two attached hydrogens (primary N) is 1. The van der Waals surface area contributed by atoms with E-state index in [1.807, 2.05) is 13.8 Å². The molecule has 6 heteroatoms. The lowest BCUT2D eigenvalue weighted by Gasteiger charge is -2.10. The standard InChI is InChI=1S/C12H20N2O3S/c1-9(2)8-18(15,16)14-7-10-4-5-12(17-3)11(13)6-10/h4-6,9,14H,7-8,13H2,1-3H3. The zero-order valence-electron chi connectivity index (χ0n) is 10.9. The van der Waals surface area contributed by atoms with Crippen LogP contribution in [0.15, 0.2) is 18.2 Å². The maximum atomic E-state index is 11.7. The summed E-state index contributed by atoms with van der Waals surface area (Å²) in [6.45, 7) is 3.97. The summed E-state index contributed by atoms with van der Waals surface area (Å²) >= 11 is 0. The second-order valence-corrected chi connectivity index (χ2v) is 6.42. The molecule has 5 nitrogen and oxygen atoms in total. The molecule has 102 valence electrons. The number of ether oxygens (including phenoxy) is 1. The Bertz CT molecular complexity index is 498. The fourth-order valence-electron chi connectivity index (χ4n) is 1.58. The number of sulfonamides is 1. The first-order valence-electron chi connectivity index (χ1n) is 5.74. The van der Waals surface area contributed by atoms with Crippen molar-refractivity contribution < 1.29 is 13.2 Å². The Morgan fingerprint density at radius 1 is 1.39 bits per heavy atom. The van der Waals surface area contributed by atoms with Crippen molar-refractivity contribution in [3.05, 3.63) is 23.8 Å². The van der Waals surface area contributed by atoms with Crippen molar-refractivity contribution in [1.82, 2.24) is 4.72 Å². The normalized spacial score (nSPS) is 11.8. The Labute approximate surface area is 108 Å². The zero-order valence-corrected chi connectivity index (χ0v) is 11.8. The summed E-state index contributed by atoms with van der Waals surface area (Å²) in [5.74, 6) is 0.811. The van der Waals surface area contributed by atoms with E-state index in [4.69, 9.17) is 10.5 Å². The summed E-state index contributed by atoms with van der Waals surface area (Å²) in [5.41, 5.74) is 7.05. The number of hydrogen-bond acceptors (Lipinski definition) is 4. The van der Waals surface area contributed by atoms with Crippen molar-refractivity contribution in [2.45, 2.75) is 20.4 Å². The predicted octanol–water partition coefficient (Wildman–Crippen LogP) is 1.35. The SMILES string of the molecule is COc1ccc(CNS(=O)(=O)CC(C)C)cc1N. The summed E-state index contributed by atoms with van der Waals surface area (Å²) in [4.78, 5) is 0. The van der Waals surface area contributed by atoms with Crippen molar-refractivity contribution in [2.75, 3.05) is 18.6 Å². The molecule has 0 unspecified atom stereocenters. The first-order chi connectivity index (χ1) is 8.34. The van der Waals surface area contributed by atoms with Crippen molar-refractivity contribution in [3.63, 3.8) is 0 Å². The van der Waals surface area contributed by atoms with Crippen LogP contribution < -0.4 is 15.2 Å². The van der Waals surface area contributed by atoms with Gasteiger partial charge in [0.25, 0.3) is 0 Å². The van der Waals surface area contributed by atoms with Crippen LogP contribution in [-0.4, -0.2) is 21.3 Å². The molecule has 0 fully saturated rings. The topological polar surface area (TPSA) is 81.4 Å². The molecule has 0 radical (unpaired) electrons. The molecule has 0 heterocycles. The van der Waals surface area contributed by atoms with Crippen LogP contribution in [-0.2, 0) is 16.6 Å². The number of anilines is 1. The van der Waals surface area contributed by atoms with Crippen LogP contribution in [0, 0.1) is 5.92 Å². The molecular weight excluding hydrogens is 252 g/mol. The van der Waals surface area contributed by atoms with E-state index in [1.165, 1.54) is 7.11 Å². The molecular formula is C12H20N2O3S. The Hall–Kier alpha value is -1.27.